The average Bonchev–Trinajstić information content (AvgIpc) is 2.90. The van der Waals surface area contributed by atoms with Crippen molar-refractivity contribution in [3.63, 3.8) is 0 Å². The van der Waals surface area contributed by atoms with Crippen LogP contribution in [0.3, 0.4) is 0 Å². The smallest absolute Gasteiger partial charge is 0.416 e. The average molecular weight is 574 g/mol. The third-order valence-corrected chi connectivity index (χ3v) is 6.63. The van der Waals surface area contributed by atoms with Gasteiger partial charge in [0.05, 0.1) is 39.0 Å². The highest BCUT2D eigenvalue weighted by Gasteiger charge is 2.31. The summed E-state index contributed by atoms with van der Waals surface area (Å²) in [5, 5.41) is 11.7. The molecule has 4 rings (SSSR count). The number of nitrogens with one attached hydrogen (secondary N) is 1. The molecule has 0 saturated heterocycles. The van der Waals surface area contributed by atoms with Crippen molar-refractivity contribution in [2.75, 3.05) is 0 Å². The molecular formula is C29H24ClF4N3O3. The minimum atomic E-state index is -4.57. The number of halogens is 5. The molecule has 208 valence electrons. The normalized spacial score (nSPS) is 12.3. The van der Waals surface area contributed by atoms with E-state index in [2.05, 4.69) is 15.3 Å². The van der Waals surface area contributed by atoms with Crippen molar-refractivity contribution in [1.82, 2.24) is 15.3 Å². The maximum Gasteiger partial charge on any atom is 0.416 e. The van der Waals surface area contributed by atoms with E-state index in [1.165, 1.54) is 18.2 Å². The number of rotatable bonds is 9. The molecule has 0 aliphatic carbocycles. The second-order valence-electron chi connectivity index (χ2n) is 9.26. The molecule has 6 nitrogen and oxygen atoms in total. The highest BCUT2D eigenvalue weighted by atomic mass is 35.5. The van der Waals surface area contributed by atoms with Crippen molar-refractivity contribution in [3.05, 3.63) is 93.9 Å². The summed E-state index contributed by atoms with van der Waals surface area (Å²) in [6.45, 7) is 1.77. The van der Waals surface area contributed by atoms with E-state index < -0.39 is 29.7 Å². The van der Waals surface area contributed by atoms with E-state index in [0.717, 1.165) is 17.7 Å². The van der Waals surface area contributed by atoms with E-state index in [1.807, 2.05) is 0 Å². The summed E-state index contributed by atoms with van der Waals surface area (Å²) >= 11 is 6.25. The van der Waals surface area contributed by atoms with Crippen LogP contribution in [0.4, 0.5) is 17.6 Å². The molecule has 1 amide bonds. The minimum Gasteiger partial charge on any atom is -0.481 e. The molecule has 2 N–H and O–H groups in total. The summed E-state index contributed by atoms with van der Waals surface area (Å²) in [4.78, 5) is 33.1. The van der Waals surface area contributed by atoms with Crippen LogP contribution in [-0.4, -0.2) is 27.0 Å². The highest BCUT2D eigenvalue weighted by molar-refractivity contribution is 6.33. The number of carboxylic acids is 1. The molecule has 0 aliphatic rings. The van der Waals surface area contributed by atoms with Crippen LogP contribution in [0.2, 0.25) is 5.02 Å². The molecule has 0 radical (unpaired) electrons. The van der Waals surface area contributed by atoms with Gasteiger partial charge in [-0.15, -0.1) is 0 Å². The Morgan fingerprint density at radius 1 is 0.975 bits per heavy atom. The fourth-order valence-corrected chi connectivity index (χ4v) is 4.46. The lowest BCUT2D eigenvalue weighted by Crippen LogP contribution is -2.26. The van der Waals surface area contributed by atoms with Gasteiger partial charge in [-0.3, -0.25) is 9.59 Å². The van der Waals surface area contributed by atoms with E-state index in [0.29, 0.717) is 41.6 Å². The lowest BCUT2D eigenvalue weighted by atomic mass is 10.0. The van der Waals surface area contributed by atoms with Gasteiger partial charge < -0.3 is 10.4 Å². The fraction of sp³-hybridized carbons (Fsp3) is 0.241. The lowest BCUT2D eigenvalue weighted by Gasteiger charge is -2.15. The molecule has 11 heteroatoms. The molecule has 1 atom stereocenters. The van der Waals surface area contributed by atoms with Gasteiger partial charge in [-0.1, -0.05) is 29.8 Å². The van der Waals surface area contributed by atoms with Crippen molar-refractivity contribution in [3.8, 4) is 11.3 Å². The van der Waals surface area contributed by atoms with Crippen molar-refractivity contribution < 1.29 is 32.3 Å². The van der Waals surface area contributed by atoms with Gasteiger partial charge in [0, 0.05) is 17.5 Å². The maximum absolute atomic E-state index is 13.2. The Balaban J connectivity index is 1.68. The molecule has 4 aromatic rings. The van der Waals surface area contributed by atoms with E-state index in [1.54, 1.807) is 37.3 Å². The SMILES string of the molecule is CC(NC(=O)c1ccc2nc(-c3ccc(C(F)(F)F)cc3Cl)c(CCCCC(=O)O)nc2c1)c1ccc(F)cc1. The third-order valence-electron chi connectivity index (χ3n) is 6.32. The number of unbranched alkanes of at least 4 members (excludes halogenated alkanes) is 1. The number of aliphatic carboxylic acids is 1. The highest BCUT2D eigenvalue weighted by Crippen LogP contribution is 2.36. The van der Waals surface area contributed by atoms with Gasteiger partial charge in [0.15, 0.2) is 0 Å². The standard InChI is InChI=1S/C29H24ClF4N3O3/c1-16(17-6-10-20(31)11-7-17)35-28(40)18-8-13-23-25(14-18)36-24(4-2-3-5-26(38)39)27(37-23)21-12-9-19(15-22(21)30)29(32,33)34/h6-16H,2-5H2,1H3,(H,35,40)(H,38,39). The number of aromatic nitrogens is 2. The molecule has 1 heterocycles. The van der Waals surface area contributed by atoms with Crippen LogP contribution in [0.15, 0.2) is 60.7 Å². The quantitative estimate of drug-likeness (QED) is 0.161. The number of hydrogen-bond donors (Lipinski definition) is 2. The van der Waals surface area contributed by atoms with Crippen molar-refractivity contribution >= 4 is 34.5 Å². The van der Waals surface area contributed by atoms with E-state index in [-0.39, 0.29) is 28.5 Å². The van der Waals surface area contributed by atoms with Gasteiger partial charge in [0.2, 0.25) is 0 Å². The number of carbonyl (C=O) groups is 2. The van der Waals surface area contributed by atoms with Crippen LogP contribution < -0.4 is 5.32 Å². The topological polar surface area (TPSA) is 92.2 Å². The van der Waals surface area contributed by atoms with E-state index in [9.17, 15) is 27.2 Å². The van der Waals surface area contributed by atoms with E-state index >= 15 is 0 Å². The van der Waals surface area contributed by atoms with E-state index in [4.69, 9.17) is 16.7 Å². The van der Waals surface area contributed by atoms with Crippen LogP contribution in [0.25, 0.3) is 22.3 Å². The molecule has 0 bridgehead atoms. The summed E-state index contributed by atoms with van der Waals surface area (Å²) in [7, 11) is 0. The Hall–Kier alpha value is -4.05. The zero-order valence-electron chi connectivity index (χ0n) is 21.2. The summed E-state index contributed by atoms with van der Waals surface area (Å²) < 4.78 is 52.8. The van der Waals surface area contributed by atoms with Crippen molar-refractivity contribution in [2.24, 2.45) is 0 Å². The second kappa shape index (κ2) is 12.0. The Labute approximate surface area is 232 Å². The maximum atomic E-state index is 13.2. The van der Waals surface area contributed by atoms with Crippen LogP contribution in [0.5, 0.6) is 0 Å². The number of carboxylic acid groups (broad SMARTS) is 1. The molecule has 1 aromatic heterocycles. The Kier molecular flexibility index (Phi) is 8.68. The number of amides is 1. The predicted molar refractivity (Wildman–Crippen MR) is 142 cm³/mol. The molecule has 0 aliphatic heterocycles. The minimum absolute atomic E-state index is 0.0477. The molecule has 0 spiro atoms. The number of nitrogens with zero attached hydrogens (tertiary/aromatic N) is 2. The van der Waals surface area contributed by atoms with Crippen molar-refractivity contribution in [1.29, 1.82) is 0 Å². The second-order valence-corrected chi connectivity index (χ2v) is 9.67. The predicted octanol–water partition coefficient (Wildman–Crippen LogP) is 7.40. The van der Waals surface area contributed by atoms with Crippen LogP contribution in [-0.2, 0) is 17.4 Å². The Bertz CT molecular complexity index is 1560. The van der Waals surface area contributed by atoms with Crippen LogP contribution in [0.1, 0.15) is 59.4 Å². The van der Waals surface area contributed by atoms with Gasteiger partial charge >= 0.3 is 12.1 Å². The zero-order chi connectivity index (χ0) is 29.0. The summed E-state index contributed by atoms with van der Waals surface area (Å²) in [6.07, 6.45) is -3.52. The molecular weight excluding hydrogens is 550 g/mol. The fourth-order valence-electron chi connectivity index (χ4n) is 4.19. The number of carbonyl (C=O) groups excluding carboxylic acids is 1. The van der Waals surface area contributed by atoms with Crippen LogP contribution in [0, 0.1) is 5.82 Å². The number of fused-ring (bicyclic) bond motifs is 1. The zero-order valence-corrected chi connectivity index (χ0v) is 22.0. The third kappa shape index (κ3) is 6.93. The lowest BCUT2D eigenvalue weighted by molar-refractivity contribution is -0.138. The number of aryl methyl sites for hydroxylation is 1. The number of hydrogen-bond acceptors (Lipinski definition) is 4. The first-order valence-corrected chi connectivity index (χ1v) is 12.8. The number of benzene rings is 3. The monoisotopic (exact) mass is 573 g/mol. The Morgan fingerprint density at radius 2 is 1.70 bits per heavy atom. The van der Waals surface area contributed by atoms with Gasteiger partial charge in [-0.25, -0.2) is 14.4 Å². The summed E-state index contributed by atoms with van der Waals surface area (Å²) in [5.41, 5.74) is 1.84. The van der Waals surface area contributed by atoms with Gasteiger partial charge in [0.1, 0.15) is 5.82 Å². The molecule has 0 saturated carbocycles. The largest absolute Gasteiger partial charge is 0.481 e. The number of alkyl halides is 3. The molecule has 1 unspecified atom stereocenters. The van der Waals surface area contributed by atoms with Gasteiger partial charge in [0.25, 0.3) is 5.91 Å². The van der Waals surface area contributed by atoms with Crippen LogP contribution >= 0.6 is 11.6 Å². The first kappa shape index (κ1) is 28.9. The molecule has 40 heavy (non-hydrogen) atoms. The summed E-state index contributed by atoms with van der Waals surface area (Å²) in [6, 6.07) is 13.0. The van der Waals surface area contributed by atoms with Gasteiger partial charge in [-0.05, 0) is 74.2 Å². The first-order chi connectivity index (χ1) is 18.9. The molecule has 0 fully saturated rings. The first-order valence-electron chi connectivity index (χ1n) is 12.4. The molecule has 3 aromatic carbocycles. The summed E-state index contributed by atoms with van der Waals surface area (Å²) in [5.74, 6) is -1.72. The van der Waals surface area contributed by atoms with Crippen molar-refractivity contribution in [2.45, 2.75) is 44.8 Å². The van der Waals surface area contributed by atoms with Gasteiger partial charge in [-0.2, -0.15) is 13.2 Å². The Morgan fingerprint density at radius 3 is 2.35 bits per heavy atom.